The van der Waals surface area contributed by atoms with E-state index in [9.17, 15) is 9.59 Å². The number of carbonyl (C=O) groups excluding carboxylic acids is 2. The fourth-order valence-corrected chi connectivity index (χ4v) is 2.93. The molecule has 0 radical (unpaired) electrons. The van der Waals surface area contributed by atoms with Gasteiger partial charge in [0.1, 0.15) is 11.5 Å². The van der Waals surface area contributed by atoms with Gasteiger partial charge in [0.25, 0.3) is 5.91 Å². The second-order valence-corrected chi connectivity index (χ2v) is 6.15. The second kappa shape index (κ2) is 8.38. The van der Waals surface area contributed by atoms with E-state index >= 15 is 0 Å². The summed E-state index contributed by atoms with van der Waals surface area (Å²) in [5, 5.41) is 3.03. The zero-order valence-corrected chi connectivity index (χ0v) is 14.7. The van der Waals surface area contributed by atoms with Crippen LogP contribution in [0.2, 0.25) is 0 Å². The summed E-state index contributed by atoms with van der Waals surface area (Å²) in [4.78, 5) is 25.7. The number of hydrogen-bond acceptors (Lipinski definition) is 4. The van der Waals surface area contributed by atoms with Gasteiger partial charge in [0, 0.05) is 24.7 Å². The summed E-state index contributed by atoms with van der Waals surface area (Å²) in [5.41, 5.74) is 0.550. The summed E-state index contributed by atoms with van der Waals surface area (Å²) in [6.45, 7) is 1.16. The molecular weight excluding hydrogens is 332 g/mol. The van der Waals surface area contributed by atoms with Gasteiger partial charge in [0.15, 0.2) is 0 Å². The third-order valence-corrected chi connectivity index (χ3v) is 4.34. The Kier molecular flexibility index (Phi) is 5.73. The molecule has 1 aliphatic heterocycles. The predicted molar refractivity (Wildman–Crippen MR) is 97.4 cm³/mol. The highest BCUT2D eigenvalue weighted by Gasteiger charge is 2.24. The number of ether oxygens (including phenoxy) is 2. The van der Waals surface area contributed by atoms with Crippen LogP contribution in [0.4, 0.5) is 4.79 Å². The monoisotopic (exact) mass is 354 g/mol. The van der Waals surface area contributed by atoms with Crippen molar-refractivity contribution in [3.05, 3.63) is 60.2 Å². The molecule has 0 atom stereocenters. The van der Waals surface area contributed by atoms with Gasteiger partial charge in [-0.25, -0.2) is 4.79 Å². The molecular formula is C20H22N2O4. The van der Waals surface area contributed by atoms with E-state index in [0.29, 0.717) is 37.2 Å². The van der Waals surface area contributed by atoms with E-state index in [2.05, 4.69) is 5.32 Å². The van der Waals surface area contributed by atoms with Crippen LogP contribution in [0, 0.1) is 0 Å². The van der Waals surface area contributed by atoms with Gasteiger partial charge in [0.2, 0.25) is 0 Å². The van der Waals surface area contributed by atoms with Crippen LogP contribution < -0.4 is 10.1 Å². The second-order valence-electron chi connectivity index (χ2n) is 6.15. The highest BCUT2D eigenvalue weighted by molar-refractivity contribution is 5.94. The fourth-order valence-electron chi connectivity index (χ4n) is 2.93. The molecule has 2 amide bonds. The van der Waals surface area contributed by atoms with Gasteiger partial charge in [-0.2, -0.15) is 0 Å². The maximum atomic E-state index is 12.5. The molecule has 0 bridgehead atoms. The number of hydrogen-bond donors (Lipinski definition) is 1. The maximum Gasteiger partial charge on any atom is 0.409 e. The van der Waals surface area contributed by atoms with Crippen molar-refractivity contribution < 1.29 is 19.1 Å². The minimum Gasteiger partial charge on any atom is -0.457 e. The van der Waals surface area contributed by atoms with Gasteiger partial charge in [-0.3, -0.25) is 4.79 Å². The Labute approximate surface area is 152 Å². The summed E-state index contributed by atoms with van der Waals surface area (Å²) >= 11 is 0. The Bertz CT molecular complexity index is 755. The molecule has 0 spiro atoms. The van der Waals surface area contributed by atoms with E-state index in [1.165, 1.54) is 7.11 Å². The van der Waals surface area contributed by atoms with Crippen molar-refractivity contribution in [3.8, 4) is 11.5 Å². The lowest BCUT2D eigenvalue weighted by atomic mass is 10.0. The number of nitrogens with zero attached hydrogens (tertiary/aromatic N) is 1. The molecule has 3 rings (SSSR count). The van der Waals surface area contributed by atoms with Gasteiger partial charge in [-0.1, -0.05) is 24.3 Å². The number of benzene rings is 2. The van der Waals surface area contributed by atoms with Crippen LogP contribution in [0.5, 0.6) is 11.5 Å². The first-order valence-corrected chi connectivity index (χ1v) is 8.62. The number of likely N-dealkylation sites (tertiary alicyclic amines) is 1. The van der Waals surface area contributed by atoms with Gasteiger partial charge >= 0.3 is 6.09 Å². The van der Waals surface area contributed by atoms with Crippen LogP contribution >= 0.6 is 0 Å². The maximum absolute atomic E-state index is 12.5. The molecule has 6 nitrogen and oxygen atoms in total. The highest BCUT2D eigenvalue weighted by atomic mass is 16.5. The fraction of sp³-hybridized carbons (Fsp3) is 0.300. The van der Waals surface area contributed by atoms with Crippen LogP contribution in [0.1, 0.15) is 23.2 Å². The Balaban J connectivity index is 1.57. The van der Waals surface area contributed by atoms with Crippen LogP contribution in [0.15, 0.2) is 54.6 Å². The minimum atomic E-state index is -0.319. The number of amides is 2. The standard InChI is InChI=1S/C20H22N2O4/c1-25-20(24)22-12-10-16(11-13-22)21-19(23)15-6-5-9-18(14-15)26-17-7-3-2-4-8-17/h2-9,14,16H,10-13H2,1H3,(H,21,23). The van der Waals surface area contributed by atoms with Crippen LogP contribution in [-0.2, 0) is 4.74 Å². The topological polar surface area (TPSA) is 67.9 Å². The Morgan fingerprint density at radius 2 is 1.69 bits per heavy atom. The molecule has 0 aromatic heterocycles. The summed E-state index contributed by atoms with van der Waals surface area (Å²) in [6, 6.07) is 16.6. The van der Waals surface area contributed by atoms with Crippen molar-refractivity contribution in [2.75, 3.05) is 20.2 Å². The Morgan fingerprint density at radius 1 is 1.00 bits per heavy atom. The molecule has 0 saturated carbocycles. The first-order valence-electron chi connectivity index (χ1n) is 8.62. The molecule has 2 aromatic carbocycles. The molecule has 1 N–H and O–H groups in total. The smallest absolute Gasteiger partial charge is 0.409 e. The first-order chi connectivity index (χ1) is 12.7. The van der Waals surface area contributed by atoms with Crippen LogP contribution in [0.25, 0.3) is 0 Å². The molecule has 1 fully saturated rings. The van der Waals surface area contributed by atoms with Crippen molar-refractivity contribution in [2.24, 2.45) is 0 Å². The van der Waals surface area contributed by atoms with Gasteiger partial charge in [-0.05, 0) is 43.2 Å². The largest absolute Gasteiger partial charge is 0.457 e. The third-order valence-electron chi connectivity index (χ3n) is 4.34. The molecule has 1 saturated heterocycles. The molecule has 0 aliphatic carbocycles. The van der Waals surface area contributed by atoms with E-state index < -0.39 is 0 Å². The number of methoxy groups -OCH3 is 1. The SMILES string of the molecule is COC(=O)N1CCC(NC(=O)c2cccc(Oc3ccccc3)c2)CC1. The van der Waals surface area contributed by atoms with E-state index in [-0.39, 0.29) is 18.0 Å². The lowest BCUT2D eigenvalue weighted by Gasteiger charge is -2.31. The zero-order chi connectivity index (χ0) is 18.4. The van der Waals surface area contributed by atoms with Crippen molar-refractivity contribution in [2.45, 2.75) is 18.9 Å². The summed E-state index contributed by atoms with van der Waals surface area (Å²) in [5.74, 6) is 1.20. The number of nitrogens with one attached hydrogen (secondary N) is 1. The number of rotatable bonds is 4. The van der Waals surface area contributed by atoms with E-state index in [0.717, 1.165) is 5.75 Å². The third kappa shape index (κ3) is 4.53. The predicted octanol–water partition coefficient (Wildman–Crippen LogP) is 3.44. The molecule has 136 valence electrons. The summed E-state index contributed by atoms with van der Waals surface area (Å²) in [6.07, 6.45) is 1.10. The van der Waals surface area contributed by atoms with Crippen molar-refractivity contribution in [1.29, 1.82) is 0 Å². The van der Waals surface area contributed by atoms with Crippen LogP contribution in [-0.4, -0.2) is 43.1 Å². The molecule has 2 aromatic rings. The molecule has 0 unspecified atom stereocenters. The van der Waals surface area contributed by atoms with Gasteiger partial charge in [-0.15, -0.1) is 0 Å². The number of carbonyl (C=O) groups is 2. The Hall–Kier alpha value is -3.02. The average Bonchev–Trinajstić information content (AvgIpc) is 2.69. The van der Waals surface area contributed by atoms with Crippen molar-refractivity contribution in [1.82, 2.24) is 10.2 Å². The molecule has 26 heavy (non-hydrogen) atoms. The molecule has 1 heterocycles. The lowest BCUT2D eigenvalue weighted by Crippen LogP contribution is -2.46. The van der Waals surface area contributed by atoms with E-state index in [1.54, 1.807) is 23.1 Å². The van der Waals surface area contributed by atoms with E-state index in [1.807, 2.05) is 36.4 Å². The quantitative estimate of drug-likeness (QED) is 0.913. The normalized spacial score (nSPS) is 14.6. The Morgan fingerprint density at radius 3 is 2.38 bits per heavy atom. The molecule has 1 aliphatic rings. The first kappa shape index (κ1) is 17.8. The summed E-state index contributed by atoms with van der Waals surface area (Å²) < 4.78 is 10.5. The average molecular weight is 354 g/mol. The summed E-state index contributed by atoms with van der Waals surface area (Å²) in [7, 11) is 1.38. The van der Waals surface area contributed by atoms with Crippen molar-refractivity contribution in [3.63, 3.8) is 0 Å². The van der Waals surface area contributed by atoms with E-state index in [4.69, 9.17) is 9.47 Å². The minimum absolute atomic E-state index is 0.0436. The lowest BCUT2D eigenvalue weighted by molar-refractivity contribution is 0.0892. The van der Waals surface area contributed by atoms with Crippen molar-refractivity contribution >= 4 is 12.0 Å². The highest BCUT2D eigenvalue weighted by Crippen LogP contribution is 2.22. The number of piperidine rings is 1. The van der Waals surface area contributed by atoms with Gasteiger partial charge in [0.05, 0.1) is 7.11 Å². The van der Waals surface area contributed by atoms with Gasteiger partial charge < -0.3 is 19.7 Å². The molecule has 6 heteroatoms. The van der Waals surface area contributed by atoms with Crippen LogP contribution in [0.3, 0.4) is 0 Å². The number of para-hydroxylation sites is 1. The zero-order valence-electron chi connectivity index (χ0n) is 14.7.